The number of hydrogen-bond donors (Lipinski definition) is 2. The van der Waals surface area contributed by atoms with Gasteiger partial charge in [0.05, 0.1) is 12.2 Å². The van der Waals surface area contributed by atoms with Crippen molar-refractivity contribution in [2.45, 2.75) is 13.5 Å². The average molecular weight is 248 g/mol. The lowest BCUT2D eigenvalue weighted by molar-refractivity contribution is 0.0701. The Kier molecular flexibility index (Phi) is 3.39. The lowest BCUT2D eigenvalue weighted by atomic mass is 10.3. The number of para-hydroxylation sites is 1. The number of hydrogen-bond acceptors (Lipinski definition) is 4. The van der Waals surface area contributed by atoms with Gasteiger partial charge in [-0.2, -0.15) is 0 Å². The number of carbonyl (C=O) groups is 1. The van der Waals surface area contributed by atoms with E-state index >= 15 is 0 Å². The minimum absolute atomic E-state index is 0.315. The number of nitrogens with zero attached hydrogens (tertiary/aromatic N) is 1. The Morgan fingerprint density at radius 2 is 2.12 bits per heavy atom. The summed E-state index contributed by atoms with van der Waals surface area (Å²) in [5, 5.41) is 12.9. The first kappa shape index (κ1) is 11.6. The van der Waals surface area contributed by atoms with Crippen molar-refractivity contribution in [3.63, 3.8) is 0 Å². The van der Waals surface area contributed by atoms with Crippen LogP contribution in [0.4, 0.5) is 5.69 Å². The second-order valence-corrected chi connectivity index (χ2v) is 4.63. The fourth-order valence-corrected chi connectivity index (χ4v) is 2.30. The summed E-state index contributed by atoms with van der Waals surface area (Å²) in [6.07, 6.45) is 0. The number of aryl methyl sites for hydroxylation is 1. The molecule has 4 nitrogen and oxygen atoms in total. The number of benzene rings is 1. The number of anilines is 1. The molecule has 1 aromatic heterocycles. The molecule has 17 heavy (non-hydrogen) atoms. The molecule has 1 heterocycles. The average Bonchev–Trinajstić information content (AvgIpc) is 2.69. The molecule has 0 aliphatic rings. The van der Waals surface area contributed by atoms with Gasteiger partial charge in [-0.25, -0.2) is 9.78 Å². The first-order chi connectivity index (χ1) is 8.16. The van der Waals surface area contributed by atoms with Crippen LogP contribution in [-0.4, -0.2) is 16.1 Å². The van der Waals surface area contributed by atoms with Gasteiger partial charge in [-0.1, -0.05) is 18.2 Å². The van der Waals surface area contributed by atoms with E-state index in [2.05, 4.69) is 10.3 Å². The zero-order chi connectivity index (χ0) is 12.3. The molecule has 0 amide bonds. The number of rotatable bonds is 4. The smallest absolute Gasteiger partial charge is 0.347 e. The number of aromatic nitrogens is 1. The van der Waals surface area contributed by atoms with Crippen molar-refractivity contribution in [3.05, 3.63) is 45.9 Å². The monoisotopic (exact) mass is 248 g/mol. The standard InChI is InChI=1S/C12H12N2O2S/c1-8-11(12(15)16)17-10(14-8)7-13-9-5-3-2-4-6-9/h2-6,13H,7H2,1H3,(H,15,16). The Hall–Kier alpha value is -1.88. The van der Waals surface area contributed by atoms with Gasteiger partial charge in [0.15, 0.2) is 0 Å². The van der Waals surface area contributed by atoms with Crippen molar-refractivity contribution >= 4 is 23.0 Å². The minimum Gasteiger partial charge on any atom is -0.477 e. The molecule has 1 aromatic carbocycles. The Morgan fingerprint density at radius 3 is 2.71 bits per heavy atom. The predicted molar refractivity (Wildman–Crippen MR) is 67.6 cm³/mol. The molecule has 0 radical (unpaired) electrons. The van der Waals surface area contributed by atoms with Crippen LogP contribution in [0.3, 0.4) is 0 Å². The lowest BCUT2D eigenvalue weighted by Crippen LogP contribution is -1.98. The van der Waals surface area contributed by atoms with Crippen LogP contribution in [0, 0.1) is 6.92 Å². The van der Waals surface area contributed by atoms with Gasteiger partial charge in [-0.15, -0.1) is 11.3 Å². The van der Waals surface area contributed by atoms with Crippen LogP contribution in [-0.2, 0) is 6.54 Å². The topological polar surface area (TPSA) is 62.2 Å². The maximum atomic E-state index is 10.9. The Morgan fingerprint density at radius 1 is 1.41 bits per heavy atom. The highest BCUT2D eigenvalue weighted by molar-refractivity contribution is 7.13. The van der Waals surface area contributed by atoms with Crippen molar-refractivity contribution in [2.24, 2.45) is 0 Å². The molecule has 0 aliphatic heterocycles. The van der Waals surface area contributed by atoms with Crippen LogP contribution in [0.25, 0.3) is 0 Å². The van der Waals surface area contributed by atoms with E-state index in [1.807, 2.05) is 30.3 Å². The molecule has 0 saturated carbocycles. The van der Waals surface area contributed by atoms with Crippen LogP contribution in [0.2, 0.25) is 0 Å². The van der Waals surface area contributed by atoms with Crippen molar-refractivity contribution in [1.82, 2.24) is 4.98 Å². The van der Waals surface area contributed by atoms with Gasteiger partial charge in [0.1, 0.15) is 9.88 Å². The molecule has 0 spiro atoms. The second-order valence-electron chi connectivity index (χ2n) is 3.55. The fraction of sp³-hybridized carbons (Fsp3) is 0.167. The number of carboxylic acid groups (broad SMARTS) is 1. The molecule has 0 bridgehead atoms. The number of nitrogens with one attached hydrogen (secondary N) is 1. The minimum atomic E-state index is -0.911. The third-order valence-corrected chi connectivity index (χ3v) is 3.40. The Labute approximate surface area is 103 Å². The van der Waals surface area contributed by atoms with E-state index in [1.165, 1.54) is 11.3 Å². The SMILES string of the molecule is Cc1nc(CNc2ccccc2)sc1C(=O)O. The molecule has 0 aliphatic carbocycles. The zero-order valence-corrected chi connectivity index (χ0v) is 10.1. The quantitative estimate of drug-likeness (QED) is 0.873. The van der Waals surface area contributed by atoms with Crippen LogP contribution in [0.1, 0.15) is 20.4 Å². The third-order valence-electron chi connectivity index (χ3n) is 2.25. The first-order valence-electron chi connectivity index (χ1n) is 5.15. The van der Waals surface area contributed by atoms with Gasteiger partial charge in [-0.3, -0.25) is 0 Å². The van der Waals surface area contributed by atoms with Gasteiger partial charge >= 0.3 is 5.97 Å². The van der Waals surface area contributed by atoms with Crippen LogP contribution in [0.5, 0.6) is 0 Å². The van der Waals surface area contributed by atoms with Crippen molar-refractivity contribution in [2.75, 3.05) is 5.32 Å². The highest BCUT2D eigenvalue weighted by atomic mass is 32.1. The van der Waals surface area contributed by atoms with Crippen LogP contribution >= 0.6 is 11.3 Å². The van der Waals surface area contributed by atoms with E-state index in [1.54, 1.807) is 6.92 Å². The molecule has 0 fully saturated rings. The molecule has 5 heteroatoms. The maximum Gasteiger partial charge on any atom is 0.347 e. The number of thiazole rings is 1. The van der Waals surface area contributed by atoms with Gasteiger partial charge < -0.3 is 10.4 Å². The molecular formula is C12H12N2O2S. The van der Waals surface area contributed by atoms with Gasteiger partial charge in [0.2, 0.25) is 0 Å². The largest absolute Gasteiger partial charge is 0.477 e. The normalized spacial score (nSPS) is 10.2. The molecule has 0 atom stereocenters. The summed E-state index contributed by atoms with van der Waals surface area (Å²) in [6.45, 7) is 2.26. The zero-order valence-electron chi connectivity index (χ0n) is 9.30. The van der Waals surface area contributed by atoms with Crippen molar-refractivity contribution in [3.8, 4) is 0 Å². The summed E-state index contributed by atoms with van der Waals surface area (Å²) in [5.74, 6) is -0.911. The molecule has 2 N–H and O–H groups in total. The van der Waals surface area contributed by atoms with E-state index in [0.29, 0.717) is 17.1 Å². The number of aromatic carboxylic acids is 1. The predicted octanol–water partition coefficient (Wildman–Crippen LogP) is 2.76. The van der Waals surface area contributed by atoms with E-state index in [4.69, 9.17) is 5.11 Å². The highest BCUT2D eigenvalue weighted by Crippen LogP contribution is 2.19. The van der Waals surface area contributed by atoms with E-state index in [0.717, 1.165) is 10.7 Å². The van der Waals surface area contributed by atoms with Crippen molar-refractivity contribution in [1.29, 1.82) is 0 Å². The van der Waals surface area contributed by atoms with E-state index < -0.39 is 5.97 Å². The summed E-state index contributed by atoms with van der Waals surface area (Å²) >= 11 is 1.21. The highest BCUT2D eigenvalue weighted by Gasteiger charge is 2.13. The summed E-state index contributed by atoms with van der Waals surface area (Å²) in [5.41, 5.74) is 1.57. The molecule has 88 valence electrons. The first-order valence-corrected chi connectivity index (χ1v) is 5.97. The lowest BCUT2D eigenvalue weighted by Gasteiger charge is -2.02. The van der Waals surface area contributed by atoms with Gasteiger partial charge in [0.25, 0.3) is 0 Å². The summed E-state index contributed by atoms with van der Waals surface area (Å²) in [4.78, 5) is 15.4. The van der Waals surface area contributed by atoms with Gasteiger partial charge in [-0.05, 0) is 19.1 Å². The second kappa shape index (κ2) is 4.97. The molecule has 0 saturated heterocycles. The molecular weight excluding hydrogens is 236 g/mol. The Bertz CT molecular complexity index is 523. The van der Waals surface area contributed by atoms with Crippen molar-refractivity contribution < 1.29 is 9.90 Å². The van der Waals surface area contributed by atoms with Crippen LogP contribution in [0.15, 0.2) is 30.3 Å². The number of carboxylic acids is 1. The summed E-state index contributed by atoms with van der Waals surface area (Å²) < 4.78 is 0. The fourth-order valence-electron chi connectivity index (χ4n) is 1.46. The van der Waals surface area contributed by atoms with E-state index in [-0.39, 0.29) is 0 Å². The molecule has 0 unspecified atom stereocenters. The third kappa shape index (κ3) is 2.82. The Balaban J connectivity index is 2.05. The molecule has 2 aromatic rings. The molecule has 2 rings (SSSR count). The summed E-state index contributed by atoms with van der Waals surface area (Å²) in [7, 11) is 0. The van der Waals surface area contributed by atoms with Crippen LogP contribution < -0.4 is 5.32 Å². The maximum absolute atomic E-state index is 10.9. The van der Waals surface area contributed by atoms with E-state index in [9.17, 15) is 4.79 Å². The van der Waals surface area contributed by atoms with Gasteiger partial charge in [0, 0.05) is 5.69 Å². The summed E-state index contributed by atoms with van der Waals surface area (Å²) in [6, 6.07) is 9.74.